The summed E-state index contributed by atoms with van der Waals surface area (Å²) < 4.78 is 19.0. The molecule has 0 bridgehead atoms. The van der Waals surface area contributed by atoms with Crippen LogP contribution in [0.25, 0.3) is 0 Å². The van der Waals surface area contributed by atoms with Gasteiger partial charge in [-0.2, -0.15) is 0 Å². The molecule has 1 fully saturated rings. The van der Waals surface area contributed by atoms with Crippen LogP contribution < -0.4 is 5.73 Å². The van der Waals surface area contributed by atoms with Gasteiger partial charge in [-0.1, -0.05) is 91.0 Å². The number of hydrogen-bond donors (Lipinski definition) is 1. The molecule has 0 aliphatic carbocycles. The number of nitrogens with two attached hydrogens (primary N) is 1. The van der Waals surface area contributed by atoms with Gasteiger partial charge in [-0.05, 0) is 16.7 Å². The van der Waals surface area contributed by atoms with Gasteiger partial charge < -0.3 is 19.9 Å². The quantitative estimate of drug-likeness (QED) is 0.455. The maximum atomic E-state index is 6.49. The third kappa shape index (κ3) is 6.97. The Morgan fingerprint density at radius 3 is 1.76 bits per heavy atom. The molecule has 1 saturated heterocycles. The highest BCUT2D eigenvalue weighted by Crippen LogP contribution is 2.26. The minimum atomic E-state index is -0.101. The van der Waals surface area contributed by atoms with Crippen molar-refractivity contribution in [1.29, 1.82) is 0 Å². The third-order valence-electron chi connectivity index (χ3n) is 6.04. The maximum absolute atomic E-state index is 6.49. The Labute approximate surface area is 197 Å². The molecule has 3 unspecified atom stereocenters. The van der Waals surface area contributed by atoms with Crippen LogP contribution >= 0.6 is 0 Å². The molecule has 33 heavy (non-hydrogen) atoms. The monoisotopic (exact) mass is 446 g/mol. The van der Waals surface area contributed by atoms with Crippen molar-refractivity contribution in [3.63, 3.8) is 0 Å². The Hall–Kier alpha value is -2.54. The zero-order chi connectivity index (χ0) is 22.7. The second kappa shape index (κ2) is 12.6. The Bertz CT molecular complexity index is 924. The lowest BCUT2D eigenvalue weighted by Gasteiger charge is -2.28. The van der Waals surface area contributed by atoms with Crippen LogP contribution in [0.5, 0.6) is 0 Å². The highest BCUT2D eigenvalue weighted by molar-refractivity contribution is 5.15. The van der Waals surface area contributed by atoms with Crippen molar-refractivity contribution in [2.24, 2.45) is 5.73 Å². The summed E-state index contributed by atoms with van der Waals surface area (Å²) in [6.07, 6.45) is -0.151. The van der Waals surface area contributed by atoms with Crippen molar-refractivity contribution < 1.29 is 14.2 Å². The molecule has 2 N–H and O–H groups in total. The fourth-order valence-corrected chi connectivity index (χ4v) is 4.33. The van der Waals surface area contributed by atoms with Gasteiger partial charge in [0.1, 0.15) is 6.10 Å². The van der Waals surface area contributed by atoms with Crippen LogP contribution in [0.3, 0.4) is 0 Å². The Kier molecular flexibility index (Phi) is 9.04. The highest BCUT2D eigenvalue weighted by Gasteiger charge is 2.43. The molecule has 4 rings (SSSR count). The van der Waals surface area contributed by atoms with Crippen molar-refractivity contribution in [2.75, 3.05) is 26.2 Å². The number of likely N-dealkylation sites (tertiary alicyclic amines) is 1. The van der Waals surface area contributed by atoms with Gasteiger partial charge in [0.25, 0.3) is 0 Å². The topological polar surface area (TPSA) is 57.0 Å². The molecule has 3 aromatic rings. The largest absolute Gasteiger partial charge is 0.375 e. The van der Waals surface area contributed by atoms with E-state index in [1.165, 1.54) is 5.56 Å². The molecule has 1 heterocycles. The van der Waals surface area contributed by atoms with Crippen LogP contribution in [0.15, 0.2) is 91.0 Å². The van der Waals surface area contributed by atoms with Gasteiger partial charge >= 0.3 is 0 Å². The van der Waals surface area contributed by atoms with Gasteiger partial charge in [-0.15, -0.1) is 0 Å². The third-order valence-corrected chi connectivity index (χ3v) is 6.04. The van der Waals surface area contributed by atoms with Crippen molar-refractivity contribution in [1.82, 2.24) is 4.90 Å². The molecule has 3 atom stereocenters. The Morgan fingerprint density at radius 1 is 0.697 bits per heavy atom. The van der Waals surface area contributed by atoms with Crippen LogP contribution in [0.4, 0.5) is 0 Å². The predicted octanol–water partition coefficient (Wildman–Crippen LogP) is 4.02. The van der Waals surface area contributed by atoms with Crippen LogP contribution in [0.1, 0.15) is 16.7 Å². The normalized spacial score (nSPS) is 20.8. The summed E-state index contributed by atoms with van der Waals surface area (Å²) in [7, 11) is 0. The summed E-state index contributed by atoms with van der Waals surface area (Å²) in [6.45, 7) is 4.41. The first-order chi connectivity index (χ1) is 16.3. The molecule has 174 valence electrons. The maximum Gasteiger partial charge on any atom is 0.103 e. The molecule has 3 aromatic carbocycles. The van der Waals surface area contributed by atoms with E-state index in [0.717, 1.165) is 24.2 Å². The lowest BCUT2D eigenvalue weighted by Crippen LogP contribution is -2.43. The average Bonchev–Trinajstić information content (AvgIpc) is 3.19. The molecular weight excluding hydrogens is 412 g/mol. The molecule has 1 aliphatic heterocycles. The summed E-state index contributed by atoms with van der Waals surface area (Å²) in [5.74, 6) is 0. The van der Waals surface area contributed by atoms with E-state index in [4.69, 9.17) is 19.9 Å². The lowest BCUT2D eigenvalue weighted by molar-refractivity contribution is -0.0816. The Balaban J connectivity index is 1.44. The molecule has 0 spiro atoms. The average molecular weight is 447 g/mol. The van der Waals surface area contributed by atoms with Crippen molar-refractivity contribution >= 4 is 0 Å². The lowest BCUT2D eigenvalue weighted by atomic mass is 10.1. The van der Waals surface area contributed by atoms with Crippen molar-refractivity contribution in [2.45, 2.75) is 38.1 Å². The van der Waals surface area contributed by atoms with Gasteiger partial charge in [0.2, 0.25) is 0 Å². The fraction of sp³-hybridized carbons (Fsp3) is 0.357. The zero-order valence-corrected chi connectivity index (χ0v) is 19.1. The van der Waals surface area contributed by atoms with Gasteiger partial charge in [-0.25, -0.2) is 0 Å². The van der Waals surface area contributed by atoms with E-state index in [2.05, 4.69) is 41.3 Å². The SMILES string of the molecule is NCCN1CC(OCc2ccccc2)C(OCc2ccccc2)C1COCc1ccccc1. The van der Waals surface area contributed by atoms with Gasteiger partial charge in [0.05, 0.1) is 38.6 Å². The predicted molar refractivity (Wildman–Crippen MR) is 131 cm³/mol. The molecule has 1 aliphatic rings. The number of rotatable bonds is 12. The summed E-state index contributed by atoms with van der Waals surface area (Å²) in [6, 6.07) is 30.9. The second-order valence-corrected chi connectivity index (χ2v) is 8.45. The standard InChI is InChI=1S/C28H34N2O3/c29-16-17-30-18-27(32-20-24-12-6-2-7-13-24)28(33-21-25-14-8-3-9-15-25)26(30)22-31-19-23-10-4-1-5-11-23/h1-15,26-28H,16-22,29H2. The number of ether oxygens (including phenoxy) is 3. The zero-order valence-electron chi connectivity index (χ0n) is 19.1. The number of hydrogen-bond acceptors (Lipinski definition) is 5. The summed E-state index contributed by atoms with van der Waals surface area (Å²) in [4.78, 5) is 2.36. The highest BCUT2D eigenvalue weighted by atomic mass is 16.5. The first kappa shape index (κ1) is 23.6. The molecule has 0 aromatic heterocycles. The molecule has 5 nitrogen and oxygen atoms in total. The van der Waals surface area contributed by atoms with Crippen LogP contribution in [0.2, 0.25) is 0 Å². The summed E-state index contributed by atoms with van der Waals surface area (Å²) in [5.41, 5.74) is 9.43. The number of benzene rings is 3. The van der Waals surface area contributed by atoms with Gasteiger partial charge in [0.15, 0.2) is 0 Å². The number of nitrogens with zero attached hydrogens (tertiary/aromatic N) is 1. The smallest absolute Gasteiger partial charge is 0.103 e. The molecular formula is C28H34N2O3. The van der Waals surface area contributed by atoms with E-state index in [0.29, 0.717) is 33.0 Å². The minimum absolute atomic E-state index is 0.0502. The fourth-order valence-electron chi connectivity index (χ4n) is 4.33. The van der Waals surface area contributed by atoms with Crippen LogP contribution in [-0.2, 0) is 34.0 Å². The Morgan fingerprint density at radius 2 is 1.21 bits per heavy atom. The van der Waals surface area contributed by atoms with Crippen molar-refractivity contribution in [3.8, 4) is 0 Å². The van der Waals surface area contributed by atoms with E-state index in [9.17, 15) is 0 Å². The first-order valence-electron chi connectivity index (χ1n) is 11.7. The van der Waals surface area contributed by atoms with E-state index in [1.54, 1.807) is 0 Å². The van der Waals surface area contributed by atoms with Crippen molar-refractivity contribution in [3.05, 3.63) is 108 Å². The van der Waals surface area contributed by atoms with E-state index in [1.807, 2.05) is 54.6 Å². The molecule has 0 amide bonds. The molecule has 0 radical (unpaired) electrons. The molecule has 5 heteroatoms. The first-order valence-corrected chi connectivity index (χ1v) is 11.7. The minimum Gasteiger partial charge on any atom is -0.375 e. The second-order valence-electron chi connectivity index (χ2n) is 8.45. The van der Waals surface area contributed by atoms with Gasteiger partial charge in [-0.3, -0.25) is 4.90 Å². The van der Waals surface area contributed by atoms with E-state index >= 15 is 0 Å². The summed E-state index contributed by atoms with van der Waals surface area (Å²) >= 11 is 0. The van der Waals surface area contributed by atoms with Crippen LogP contribution in [-0.4, -0.2) is 49.4 Å². The van der Waals surface area contributed by atoms with E-state index in [-0.39, 0.29) is 18.2 Å². The van der Waals surface area contributed by atoms with Gasteiger partial charge in [0, 0.05) is 19.6 Å². The van der Waals surface area contributed by atoms with E-state index < -0.39 is 0 Å². The van der Waals surface area contributed by atoms with Crippen LogP contribution in [0, 0.1) is 0 Å². The molecule has 0 saturated carbocycles. The summed E-state index contributed by atoms with van der Waals surface area (Å²) in [5, 5.41) is 0.